The van der Waals surface area contributed by atoms with Crippen LogP contribution in [0.5, 0.6) is 0 Å². The van der Waals surface area contributed by atoms with E-state index in [-0.39, 0.29) is 0 Å². The van der Waals surface area contributed by atoms with E-state index in [4.69, 9.17) is 0 Å². The van der Waals surface area contributed by atoms with Gasteiger partial charge in [0.15, 0.2) is 0 Å². The summed E-state index contributed by atoms with van der Waals surface area (Å²) in [6.45, 7) is 8.50. The SMILES string of the molecule is CC.Cc1csc2c1C=CCC2C. The molecule has 0 amide bonds. The van der Waals surface area contributed by atoms with Crippen LogP contribution in [0, 0.1) is 6.92 Å². The summed E-state index contributed by atoms with van der Waals surface area (Å²) in [5.41, 5.74) is 2.92. The molecule has 0 saturated carbocycles. The zero-order valence-corrected chi connectivity index (χ0v) is 9.74. The Morgan fingerprint density at radius 2 is 2.08 bits per heavy atom. The van der Waals surface area contributed by atoms with Crippen LogP contribution in [0.25, 0.3) is 6.08 Å². The Bertz CT molecular complexity index is 294. The molecule has 1 heteroatoms. The molecule has 0 saturated heterocycles. The second kappa shape index (κ2) is 4.61. The normalized spacial score (nSPS) is 18.9. The summed E-state index contributed by atoms with van der Waals surface area (Å²) in [7, 11) is 0. The van der Waals surface area contributed by atoms with Gasteiger partial charge in [-0.3, -0.25) is 0 Å². The van der Waals surface area contributed by atoms with Crippen molar-refractivity contribution in [3.8, 4) is 0 Å². The quantitative estimate of drug-likeness (QED) is 0.566. The lowest BCUT2D eigenvalue weighted by Gasteiger charge is -2.12. The minimum atomic E-state index is 0.744. The molecule has 0 bridgehead atoms. The first-order chi connectivity index (χ1) is 6.29. The first kappa shape index (κ1) is 10.5. The number of hydrogen-bond acceptors (Lipinski definition) is 1. The summed E-state index contributed by atoms with van der Waals surface area (Å²) in [5.74, 6) is 0.744. The van der Waals surface area contributed by atoms with Crippen molar-refractivity contribution in [2.24, 2.45) is 0 Å². The van der Waals surface area contributed by atoms with E-state index in [9.17, 15) is 0 Å². The predicted molar refractivity (Wildman–Crippen MR) is 62.5 cm³/mol. The van der Waals surface area contributed by atoms with E-state index < -0.39 is 0 Å². The third-order valence-corrected chi connectivity index (χ3v) is 3.62. The molecule has 2 rings (SSSR count). The van der Waals surface area contributed by atoms with Crippen LogP contribution in [-0.4, -0.2) is 0 Å². The predicted octanol–water partition coefficient (Wildman–Crippen LogP) is 4.60. The van der Waals surface area contributed by atoms with E-state index in [0.717, 1.165) is 5.92 Å². The van der Waals surface area contributed by atoms with Crippen molar-refractivity contribution in [2.45, 2.75) is 40.0 Å². The molecule has 0 fully saturated rings. The lowest BCUT2D eigenvalue weighted by Crippen LogP contribution is -1.95. The molecule has 0 N–H and O–H groups in total. The summed E-state index contributed by atoms with van der Waals surface area (Å²) in [5, 5.41) is 2.26. The molecular formula is C12H18S. The van der Waals surface area contributed by atoms with Crippen LogP contribution < -0.4 is 0 Å². The maximum absolute atomic E-state index is 2.30. The largest absolute Gasteiger partial charge is 0.148 e. The van der Waals surface area contributed by atoms with Crippen molar-refractivity contribution in [1.29, 1.82) is 0 Å². The maximum Gasteiger partial charge on any atom is 0.0151 e. The molecule has 0 spiro atoms. The van der Waals surface area contributed by atoms with Gasteiger partial charge >= 0.3 is 0 Å². The minimum Gasteiger partial charge on any atom is -0.148 e. The van der Waals surface area contributed by atoms with Gasteiger partial charge in [0.25, 0.3) is 0 Å². The molecule has 1 aromatic heterocycles. The zero-order valence-electron chi connectivity index (χ0n) is 8.92. The fourth-order valence-corrected chi connectivity index (χ4v) is 2.68. The van der Waals surface area contributed by atoms with Crippen molar-refractivity contribution in [1.82, 2.24) is 0 Å². The molecule has 1 heterocycles. The zero-order chi connectivity index (χ0) is 9.84. The minimum absolute atomic E-state index is 0.744. The third-order valence-electron chi connectivity index (χ3n) is 2.27. The molecule has 13 heavy (non-hydrogen) atoms. The molecule has 1 atom stereocenters. The number of fused-ring (bicyclic) bond motifs is 1. The average Bonchev–Trinajstić information content (AvgIpc) is 2.53. The van der Waals surface area contributed by atoms with Gasteiger partial charge in [-0.1, -0.05) is 32.9 Å². The van der Waals surface area contributed by atoms with Gasteiger partial charge in [-0.25, -0.2) is 0 Å². The molecule has 1 aromatic rings. The smallest absolute Gasteiger partial charge is 0.0151 e. The van der Waals surface area contributed by atoms with Crippen LogP contribution in [0.4, 0.5) is 0 Å². The summed E-state index contributed by atoms with van der Waals surface area (Å²) >= 11 is 1.91. The van der Waals surface area contributed by atoms with Crippen LogP contribution in [0.3, 0.4) is 0 Å². The fourth-order valence-electron chi connectivity index (χ4n) is 1.57. The van der Waals surface area contributed by atoms with Gasteiger partial charge in [0.05, 0.1) is 0 Å². The molecule has 0 aliphatic heterocycles. The first-order valence-corrected chi connectivity index (χ1v) is 5.91. The van der Waals surface area contributed by atoms with Crippen molar-refractivity contribution < 1.29 is 0 Å². The fraction of sp³-hybridized carbons (Fsp3) is 0.500. The van der Waals surface area contributed by atoms with Gasteiger partial charge in [0, 0.05) is 4.88 Å². The Morgan fingerprint density at radius 3 is 2.69 bits per heavy atom. The second-order valence-electron chi connectivity index (χ2n) is 3.24. The van der Waals surface area contributed by atoms with Gasteiger partial charge in [-0.2, -0.15) is 0 Å². The lowest BCUT2D eigenvalue weighted by atomic mass is 9.95. The highest BCUT2D eigenvalue weighted by molar-refractivity contribution is 7.10. The van der Waals surface area contributed by atoms with Crippen LogP contribution in [0.15, 0.2) is 11.5 Å². The van der Waals surface area contributed by atoms with E-state index >= 15 is 0 Å². The summed E-state index contributed by atoms with van der Waals surface area (Å²) < 4.78 is 0. The van der Waals surface area contributed by atoms with Gasteiger partial charge in [-0.15, -0.1) is 11.3 Å². The van der Waals surface area contributed by atoms with E-state index in [0.29, 0.717) is 0 Å². The molecule has 0 nitrogen and oxygen atoms in total. The summed E-state index contributed by atoms with van der Waals surface area (Å²) in [6, 6.07) is 0. The van der Waals surface area contributed by atoms with Crippen molar-refractivity contribution in [2.75, 3.05) is 0 Å². The number of thiophene rings is 1. The van der Waals surface area contributed by atoms with E-state index in [1.165, 1.54) is 17.5 Å². The summed E-state index contributed by atoms with van der Waals surface area (Å²) in [6.07, 6.45) is 5.76. The topological polar surface area (TPSA) is 0 Å². The standard InChI is InChI=1S/C10H12S.C2H6/c1-7-4-3-5-9-8(2)6-11-10(7)9;1-2/h3,5-7H,4H2,1-2H3;1-2H3. The Labute approximate surface area is 85.3 Å². The average molecular weight is 194 g/mol. The van der Waals surface area contributed by atoms with Gasteiger partial charge in [0.1, 0.15) is 0 Å². The second-order valence-corrected chi connectivity index (χ2v) is 4.15. The Kier molecular flexibility index (Phi) is 3.73. The molecule has 0 aromatic carbocycles. The summed E-state index contributed by atoms with van der Waals surface area (Å²) in [4.78, 5) is 1.57. The maximum atomic E-state index is 2.30. The number of hydrogen-bond donors (Lipinski definition) is 0. The van der Waals surface area contributed by atoms with Crippen LogP contribution in [-0.2, 0) is 0 Å². The highest BCUT2D eigenvalue weighted by atomic mass is 32.1. The molecule has 1 aliphatic rings. The number of allylic oxidation sites excluding steroid dienone is 1. The molecule has 72 valence electrons. The van der Waals surface area contributed by atoms with E-state index in [1.807, 2.05) is 25.2 Å². The Balaban J connectivity index is 0.000000396. The first-order valence-electron chi connectivity index (χ1n) is 5.03. The Hall–Kier alpha value is -0.560. The molecule has 0 radical (unpaired) electrons. The van der Waals surface area contributed by atoms with Crippen LogP contribution in [0.2, 0.25) is 0 Å². The van der Waals surface area contributed by atoms with Gasteiger partial charge in [0.2, 0.25) is 0 Å². The lowest BCUT2D eigenvalue weighted by molar-refractivity contribution is 0.789. The van der Waals surface area contributed by atoms with Gasteiger partial charge < -0.3 is 0 Å². The van der Waals surface area contributed by atoms with Crippen molar-refractivity contribution in [3.05, 3.63) is 27.5 Å². The highest BCUT2D eigenvalue weighted by Crippen LogP contribution is 2.35. The Morgan fingerprint density at radius 1 is 1.38 bits per heavy atom. The monoisotopic (exact) mass is 194 g/mol. The van der Waals surface area contributed by atoms with Gasteiger partial charge in [-0.05, 0) is 35.8 Å². The van der Waals surface area contributed by atoms with Crippen molar-refractivity contribution in [3.63, 3.8) is 0 Å². The van der Waals surface area contributed by atoms with E-state index in [1.54, 1.807) is 4.88 Å². The number of rotatable bonds is 0. The molecule has 1 aliphatic carbocycles. The van der Waals surface area contributed by atoms with Crippen LogP contribution >= 0.6 is 11.3 Å². The van der Waals surface area contributed by atoms with Crippen molar-refractivity contribution >= 4 is 17.4 Å². The highest BCUT2D eigenvalue weighted by Gasteiger charge is 2.15. The number of aryl methyl sites for hydroxylation is 1. The molecular weight excluding hydrogens is 176 g/mol. The molecule has 1 unspecified atom stereocenters. The van der Waals surface area contributed by atoms with E-state index in [2.05, 4.69) is 31.4 Å². The third kappa shape index (κ3) is 2.02. The van der Waals surface area contributed by atoms with Crippen LogP contribution in [0.1, 0.15) is 49.1 Å².